The predicted octanol–water partition coefficient (Wildman–Crippen LogP) is 6.50. The highest BCUT2D eigenvalue weighted by atomic mass is 19.1. The van der Waals surface area contributed by atoms with Crippen LogP contribution in [0.3, 0.4) is 0 Å². The van der Waals surface area contributed by atoms with Crippen LogP contribution in [0.25, 0.3) is 39.4 Å². The molecular weight excluding hydrogens is 501 g/mol. The fraction of sp³-hybridized carbons (Fsp3) is 0.250. The van der Waals surface area contributed by atoms with Crippen molar-refractivity contribution in [3.63, 3.8) is 0 Å². The summed E-state index contributed by atoms with van der Waals surface area (Å²) in [7, 11) is 0. The van der Waals surface area contributed by atoms with Gasteiger partial charge in [-0.2, -0.15) is 5.10 Å². The van der Waals surface area contributed by atoms with Gasteiger partial charge in [-0.3, -0.25) is 10.1 Å². The maximum Gasteiger partial charge on any atom is 0.161 e. The number of hydrogen-bond acceptors (Lipinski definition) is 5. The highest BCUT2D eigenvalue weighted by Crippen LogP contribution is 2.31. The third-order valence-electron chi connectivity index (χ3n) is 7.42. The van der Waals surface area contributed by atoms with Crippen LogP contribution >= 0.6 is 0 Å². The first kappa shape index (κ1) is 25.8. The molecule has 0 atom stereocenters. The van der Waals surface area contributed by atoms with E-state index in [1.807, 2.05) is 43.6 Å². The first-order chi connectivity index (χ1) is 19.6. The second-order valence-electron chi connectivity index (χ2n) is 10.3. The minimum atomic E-state index is -0.305. The van der Waals surface area contributed by atoms with Crippen molar-refractivity contribution in [1.29, 1.82) is 0 Å². The molecule has 202 valence electrons. The maximum atomic E-state index is 14.0. The van der Waals surface area contributed by atoms with Crippen molar-refractivity contribution in [2.45, 2.75) is 32.6 Å². The van der Waals surface area contributed by atoms with Crippen LogP contribution < -0.4 is 0 Å². The lowest BCUT2D eigenvalue weighted by Crippen LogP contribution is -2.20. The average Bonchev–Trinajstić information content (AvgIpc) is 3.72. The zero-order valence-electron chi connectivity index (χ0n) is 22.6. The second-order valence-corrected chi connectivity index (χ2v) is 10.3. The van der Waals surface area contributed by atoms with Gasteiger partial charge in [0, 0.05) is 29.2 Å². The van der Waals surface area contributed by atoms with Crippen molar-refractivity contribution in [2.24, 2.45) is 0 Å². The van der Waals surface area contributed by atoms with E-state index >= 15 is 0 Å². The van der Waals surface area contributed by atoms with Gasteiger partial charge in [0.2, 0.25) is 0 Å². The summed E-state index contributed by atoms with van der Waals surface area (Å²) in [6.45, 7) is 9.37. The fourth-order valence-corrected chi connectivity index (χ4v) is 5.42. The number of nitrogens with zero attached hydrogens (tertiary/aromatic N) is 5. The van der Waals surface area contributed by atoms with E-state index in [1.165, 1.54) is 43.6 Å². The van der Waals surface area contributed by atoms with Crippen molar-refractivity contribution < 1.29 is 4.39 Å². The van der Waals surface area contributed by atoms with Gasteiger partial charge in [-0.15, -0.1) is 0 Å². The number of aromatic amines is 2. The van der Waals surface area contributed by atoms with Crippen molar-refractivity contribution in [1.82, 2.24) is 35.0 Å². The van der Waals surface area contributed by atoms with Crippen molar-refractivity contribution in [3.05, 3.63) is 102 Å². The number of benzene rings is 1. The highest BCUT2D eigenvalue weighted by molar-refractivity contribution is 5.90. The third kappa shape index (κ3) is 5.35. The number of likely N-dealkylation sites (tertiary alicyclic amines) is 1. The highest BCUT2D eigenvalue weighted by Gasteiger charge is 2.19. The Balaban J connectivity index is 1.29. The molecule has 0 bridgehead atoms. The molecule has 6 rings (SSSR count). The van der Waals surface area contributed by atoms with E-state index in [-0.39, 0.29) is 5.82 Å². The Morgan fingerprint density at radius 2 is 1.98 bits per heavy atom. The Hall–Kier alpha value is -4.43. The number of halogens is 1. The van der Waals surface area contributed by atoms with Crippen LogP contribution in [0, 0.1) is 12.7 Å². The molecule has 1 aromatic carbocycles. The number of aryl methyl sites for hydroxylation is 2. The minimum Gasteiger partial charge on any atom is -0.340 e. The molecule has 0 amide bonds. The summed E-state index contributed by atoms with van der Waals surface area (Å²) in [5.41, 5.74) is 8.23. The summed E-state index contributed by atoms with van der Waals surface area (Å²) in [5.74, 6) is 0.282. The zero-order valence-corrected chi connectivity index (χ0v) is 22.6. The van der Waals surface area contributed by atoms with Crippen molar-refractivity contribution in [2.75, 3.05) is 19.6 Å². The Kier molecular flexibility index (Phi) is 7.33. The van der Waals surface area contributed by atoms with Crippen LogP contribution in [0.5, 0.6) is 0 Å². The monoisotopic (exact) mass is 533 g/mol. The van der Waals surface area contributed by atoms with Crippen LogP contribution in [-0.2, 0) is 6.42 Å². The first-order valence-electron chi connectivity index (χ1n) is 13.8. The number of pyridine rings is 2. The molecule has 1 saturated heterocycles. The SMILES string of the molecule is C=C/C=C(/c1cccc(F)c1)c1nc(-c2n[nH]c3ccc(-c4cncc(CCCN5CCCC5)c4)nc23)[nH]c1C. The molecule has 1 fully saturated rings. The van der Waals surface area contributed by atoms with Crippen LogP contribution in [0.1, 0.15) is 41.8 Å². The van der Waals surface area contributed by atoms with E-state index in [0.717, 1.165) is 58.5 Å². The van der Waals surface area contributed by atoms with Gasteiger partial charge < -0.3 is 9.88 Å². The summed E-state index contributed by atoms with van der Waals surface area (Å²) in [6.07, 6.45) is 12.1. The number of fused-ring (bicyclic) bond motifs is 1. The van der Waals surface area contributed by atoms with E-state index in [9.17, 15) is 4.39 Å². The van der Waals surface area contributed by atoms with Crippen LogP contribution in [0.2, 0.25) is 0 Å². The molecule has 0 spiro atoms. The minimum absolute atomic E-state index is 0.305. The van der Waals surface area contributed by atoms with E-state index in [2.05, 4.69) is 37.7 Å². The molecule has 5 aromatic rings. The van der Waals surface area contributed by atoms with E-state index < -0.39 is 0 Å². The predicted molar refractivity (Wildman–Crippen MR) is 157 cm³/mol. The Morgan fingerprint density at radius 1 is 1.10 bits per heavy atom. The van der Waals surface area contributed by atoms with Crippen LogP contribution in [0.15, 0.2) is 73.6 Å². The van der Waals surface area contributed by atoms with E-state index in [0.29, 0.717) is 17.2 Å². The summed E-state index contributed by atoms with van der Waals surface area (Å²) < 4.78 is 14.0. The standard InChI is InChI=1S/C32H32FN7/c1-3-8-26(23-10-6-11-25(33)18-23)29-21(2)35-32(37-29)31-30-28(38-39-31)13-12-27(36-30)24-17-22(19-34-20-24)9-7-16-40-14-4-5-15-40/h3,6,8,10-13,17-20H,1,4-5,7,9,14-16H2,2H3,(H,35,37)(H,38,39)/b26-8-. The number of allylic oxidation sites excluding steroid dienone is 2. The lowest BCUT2D eigenvalue weighted by molar-refractivity contribution is 0.334. The molecule has 8 heteroatoms. The Morgan fingerprint density at radius 3 is 2.80 bits per heavy atom. The van der Waals surface area contributed by atoms with Gasteiger partial charge in [-0.05, 0) is 93.7 Å². The first-order valence-corrected chi connectivity index (χ1v) is 13.8. The summed E-state index contributed by atoms with van der Waals surface area (Å²) in [6, 6.07) is 12.6. The summed E-state index contributed by atoms with van der Waals surface area (Å²) >= 11 is 0. The zero-order chi connectivity index (χ0) is 27.5. The molecule has 1 aliphatic heterocycles. The topological polar surface area (TPSA) is 86.4 Å². The third-order valence-corrected chi connectivity index (χ3v) is 7.42. The number of nitrogens with one attached hydrogen (secondary N) is 2. The molecule has 4 aromatic heterocycles. The fourth-order valence-electron chi connectivity index (χ4n) is 5.42. The maximum absolute atomic E-state index is 14.0. The van der Waals surface area contributed by atoms with Gasteiger partial charge in [-0.25, -0.2) is 14.4 Å². The molecule has 5 heterocycles. The number of H-pyrrole nitrogens is 2. The van der Waals surface area contributed by atoms with Crippen LogP contribution in [-0.4, -0.2) is 54.7 Å². The lowest BCUT2D eigenvalue weighted by atomic mass is 10.0. The molecular formula is C32H32FN7. The van der Waals surface area contributed by atoms with Crippen molar-refractivity contribution >= 4 is 16.6 Å². The van der Waals surface area contributed by atoms with E-state index in [4.69, 9.17) is 9.97 Å². The Bertz CT molecular complexity index is 1690. The summed E-state index contributed by atoms with van der Waals surface area (Å²) in [5, 5.41) is 7.62. The average molecular weight is 534 g/mol. The van der Waals surface area contributed by atoms with Gasteiger partial charge in [0.1, 0.15) is 11.3 Å². The lowest BCUT2D eigenvalue weighted by Gasteiger charge is -2.14. The quantitative estimate of drug-likeness (QED) is 0.211. The van der Waals surface area contributed by atoms with Gasteiger partial charge in [0.15, 0.2) is 11.5 Å². The molecule has 0 aliphatic carbocycles. The second kappa shape index (κ2) is 11.4. The van der Waals surface area contributed by atoms with Gasteiger partial charge >= 0.3 is 0 Å². The molecule has 0 unspecified atom stereocenters. The normalized spacial score (nSPS) is 14.3. The molecule has 2 N–H and O–H groups in total. The van der Waals surface area contributed by atoms with Gasteiger partial charge in [0.05, 0.1) is 16.9 Å². The summed E-state index contributed by atoms with van der Waals surface area (Å²) in [4.78, 5) is 20.3. The smallest absolute Gasteiger partial charge is 0.161 e. The van der Waals surface area contributed by atoms with Crippen molar-refractivity contribution in [3.8, 4) is 22.8 Å². The largest absolute Gasteiger partial charge is 0.340 e. The molecule has 7 nitrogen and oxygen atoms in total. The van der Waals surface area contributed by atoms with Crippen LogP contribution in [0.4, 0.5) is 4.39 Å². The number of hydrogen-bond donors (Lipinski definition) is 2. The molecule has 40 heavy (non-hydrogen) atoms. The number of rotatable bonds is 9. The van der Waals surface area contributed by atoms with E-state index in [1.54, 1.807) is 12.1 Å². The number of aromatic nitrogens is 6. The molecule has 0 saturated carbocycles. The Labute approximate surface area is 232 Å². The molecule has 1 aliphatic rings. The molecule has 0 radical (unpaired) electrons. The number of imidazole rings is 1. The van der Waals surface area contributed by atoms with Gasteiger partial charge in [-0.1, -0.05) is 30.9 Å². The van der Waals surface area contributed by atoms with Gasteiger partial charge in [0.25, 0.3) is 0 Å².